The Morgan fingerprint density at radius 3 is 2.75 bits per heavy atom. The van der Waals surface area contributed by atoms with Crippen LogP contribution in [0, 0.1) is 0 Å². The number of hydrogen-bond acceptors (Lipinski definition) is 5. The molecule has 0 amide bonds. The molecule has 0 spiro atoms. The summed E-state index contributed by atoms with van der Waals surface area (Å²) in [5.74, 6) is 1.09. The molecule has 6 nitrogen and oxygen atoms in total. The van der Waals surface area contributed by atoms with Crippen molar-refractivity contribution in [1.29, 1.82) is 0 Å². The summed E-state index contributed by atoms with van der Waals surface area (Å²) in [5.41, 5.74) is 1.73. The molecule has 0 radical (unpaired) electrons. The summed E-state index contributed by atoms with van der Waals surface area (Å²) in [6, 6.07) is 14.2. The van der Waals surface area contributed by atoms with E-state index in [1.807, 2.05) is 12.1 Å². The zero-order chi connectivity index (χ0) is 20.1. The fraction of sp³-hybridized carbons (Fsp3) is 0.200. The fourth-order valence-electron chi connectivity index (χ4n) is 2.68. The van der Waals surface area contributed by atoms with E-state index < -0.39 is 0 Å². The van der Waals surface area contributed by atoms with Gasteiger partial charge in [0.1, 0.15) is 17.2 Å². The molecule has 3 aromatic rings. The number of aliphatic hydroxyl groups is 1. The number of likely N-dealkylation sites (N-methyl/N-ethyl adjacent to an activating group) is 1. The Balaban J connectivity index is 1.83. The zero-order valence-electron chi connectivity index (χ0n) is 15.2. The molecule has 2 N–H and O–H groups in total. The smallest absolute Gasteiger partial charge is 0.287 e. The first-order valence-electron chi connectivity index (χ1n) is 8.58. The Morgan fingerprint density at radius 2 is 2.00 bits per heavy atom. The highest BCUT2D eigenvalue weighted by molar-refractivity contribution is 6.32. The van der Waals surface area contributed by atoms with E-state index >= 15 is 0 Å². The van der Waals surface area contributed by atoms with Crippen LogP contribution in [-0.4, -0.2) is 35.5 Å². The molecule has 0 fully saturated rings. The van der Waals surface area contributed by atoms with Gasteiger partial charge in [-0.1, -0.05) is 35.3 Å². The molecule has 0 saturated heterocycles. The first-order chi connectivity index (χ1) is 13.5. The van der Waals surface area contributed by atoms with Crippen molar-refractivity contribution in [3.8, 4) is 11.5 Å². The normalized spacial score (nSPS) is 10.7. The second-order valence-corrected chi connectivity index (χ2v) is 7.06. The minimum Gasteiger partial charge on any atom is -0.456 e. The number of nitrogens with one attached hydrogen (secondary N) is 1. The third kappa shape index (κ3) is 5.04. The van der Waals surface area contributed by atoms with Gasteiger partial charge in [-0.2, -0.15) is 5.10 Å². The number of aromatic nitrogens is 2. The highest BCUT2D eigenvalue weighted by Gasteiger charge is 2.11. The maximum atomic E-state index is 12.0. The highest BCUT2D eigenvalue weighted by atomic mass is 35.5. The first-order valence-corrected chi connectivity index (χ1v) is 9.34. The lowest BCUT2D eigenvalue weighted by Crippen LogP contribution is -2.28. The minimum atomic E-state index is -0.305. The highest BCUT2D eigenvalue weighted by Crippen LogP contribution is 2.31. The number of anilines is 1. The SMILES string of the molecule is CN(CCO)c1cc(Cc2ccc(Cl)c(Oc3cccc(Cl)c3)c2)n[nH]c1=O. The van der Waals surface area contributed by atoms with E-state index in [0.717, 1.165) is 5.56 Å². The van der Waals surface area contributed by atoms with E-state index in [-0.39, 0.29) is 12.2 Å². The number of aliphatic hydroxyl groups excluding tert-OH is 1. The predicted octanol–water partition coefficient (Wildman–Crippen LogP) is 3.89. The number of rotatable bonds is 7. The van der Waals surface area contributed by atoms with Crippen LogP contribution in [0.4, 0.5) is 5.69 Å². The van der Waals surface area contributed by atoms with Crippen LogP contribution in [0.1, 0.15) is 11.3 Å². The lowest BCUT2D eigenvalue weighted by atomic mass is 10.1. The van der Waals surface area contributed by atoms with E-state index in [0.29, 0.717) is 45.9 Å². The van der Waals surface area contributed by atoms with Gasteiger partial charge in [0.05, 0.1) is 17.3 Å². The monoisotopic (exact) mass is 419 g/mol. The molecule has 28 heavy (non-hydrogen) atoms. The lowest BCUT2D eigenvalue weighted by molar-refractivity contribution is 0.304. The van der Waals surface area contributed by atoms with Crippen LogP contribution in [0.3, 0.4) is 0 Å². The number of H-pyrrole nitrogens is 1. The second kappa shape index (κ2) is 9.10. The predicted molar refractivity (Wildman–Crippen MR) is 111 cm³/mol. The molecular formula is C20H19Cl2N3O3. The summed E-state index contributed by atoms with van der Waals surface area (Å²) in [6.45, 7) is 0.306. The molecule has 0 atom stereocenters. The molecule has 146 valence electrons. The van der Waals surface area contributed by atoms with E-state index in [1.165, 1.54) is 0 Å². The van der Waals surface area contributed by atoms with Gasteiger partial charge < -0.3 is 14.7 Å². The summed E-state index contributed by atoms with van der Waals surface area (Å²) >= 11 is 12.3. The van der Waals surface area contributed by atoms with Crippen molar-refractivity contribution < 1.29 is 9.84 Å². The van der Waals surface area contributed by atoms with Crippen LogP contribution in [0.5, 0.6) is 11.5 Å². The maximum absolute atomic E-state index is 12.0. The molecule has 3 rings (SSSR count). The van der Waals surface area contributed by atoms with E-state index in [2.05, 4.69) is 10.2 Å². The average Bonchev–Trinajstić information content (AvgIpc) is 2.66. The Morgan fingerprint density at radius 1 is 1.18 bits per heavy atom. The van der Waals surface area contributed by atoms with Crippen molar-refractivity contribution in [2.75, 3.05) is 25.1 Å². The molecule has 2 aromatic carbocycles. The number of hydrogen-bond donors (Lipinski definition) is 2. The fourth-order valence-corrected chi connectivity index (χ4v) is 3.02. The van der Waals surface area contributed by atoms with Crippen molar-refractivity contribution in [3.05, 3.63) is 80.2 Å². The van der Waals surface area contributed by atoms with E-state index in [1.54, 1.807) is 48.3 Å². The number of benzene rings is 2. The van der Waals surface area contributed by atoms with Crippen molar-refractivity contribution in [1.82, 2.24) is 10.2 Å². The van der Waals surface area contributed by atoms with Gasteiger partial charge in [0.15, 0.2) is 0 Å². The Hall–Kier alpha value is -2.54. The van der Waals surface area contributed by atoms with Gasteiger partial charge in [0.25, 0.3) is 5.56 Å². The van der Waals surface area contributed by atoms with Crippen molar-refractivity contribution >= 4 is 28.9 Å². The minimum absolute atomic E-state index is 0.0466. The molecule has 0 unspecified atom stereocenters. The molecule has 0 aliphatic heterocycles. The number of nitrogens with zero attached hydrogens (tertiary/aromatic N) is 2. The largest absolute Gasteiger partial charge is 0.456 e. The van der Waals surface area contributed by atoms with Crippen LogP contribution in [-0.2, 0) is 6.42 Å². The van der Waals surface area contributed by atoms with Gasteiger partial charge in [-0.25, -0.2) is 5.10 Å². The Bertz CT molecular complexity index is 1020. The summed E-state index contributed by atoms with van der Waals surface area (Å²) in [7, 11) is 1.74. The molecule has 0 aliphatic carbocycles. The van der Waals surface area contributed by atoms with Crippen LogP contribution < -0.4 is 15.2 Å². The number of halogens is 2. The summed E-state index contributed by atoms with van der Waals surface area (Å²) < 4.78 is 5.85. The van der Waals surface area contributed by atoms with Crippen molar-refractivity contribution in [3.63, 3.8) is 0 Å². The molecule has 0 bridgehead atoms. The number of ether oxygens (including phenoxy) is 1. The van der Waals surface area contributed by atoms with Gasteiger partial charge in [-0.3, -0.25) is 4.79 Å². The molecule has 0 aliphatic rings. The van der Waals surface area contributed by atoms with E-state index in [9.17, 15) is 4.79 Å². The van der Waals surface area contributed by atoms with Gasteiger partial charge in [0.2, 0.25) is 0 Å². The van der Waals surface area contributed by atoms with Gasteiger partial charge >= 0.3 is 0 Å². The van der Waals surface area contributed by atoms with Gasteiger partial charge in [0, 0.05) is 25.0 Å². The van der Waals surface area contributed by atoms with Crippen LogP contribution >= 0.6 is 23.2 Å². The Kier molecular flexibility index (Phi) is 6.57. The van der Waals surface area contributed by atoms with Crippen LogP contribution in [0.2, 0.25) is 10.0 Å². The van der Waals surface area contributed by atoms with Crippen molar-refractivity contribution in [2.45, 2.75) is 6.42 Å². The molecule has 0 saturated carbocycles. The first kappa shape index (κ1) is 20.2. The zero-order valence-corrected chi connectivity index (χ0v) is 16.7. The summed E-state index contributed by atoms with van der Waals surface area (Å²) in [5, 5.41) is 16.7. The molecular weight excluding hydrogens is 401 g/mol. The molecule has 8 heteroatoms. The lowest BCUT2D eigenvalue weighted by Gasteiger charge is -2.17. The average molecular weight is 420 g/mol. The second-order valence-electron chi connectivity index (χ2n) is 6.22. The molecule has 1 aromatic heterocycles. The van der Waals surface area contributed by atoms with E-state index in [4.69, 9.17) is 33.0 Å². The summed E-state index contributed by atoms with van der Waals surface area (Å²) in [4.78, 5) is 13.7. The topological polar surface area (TPSA) is 78.5 Å². The quantitative estimate of drug-likeness (QED) is 0.607. The molecule has 1 heterocycles. The van der Waals surface area contributed by atoms with Crippen LogP contribution in [0.15, 0.2) is 53.3 Å². The summed E-state index contributed by atoms with van der Waals surface area (Å²) in [6.07, 6.45) is 0.472. The number of aromatic amines is 1. The third-order valence-corrected chi connectivity index (χ3v) is 4.64. The Labute approximate surface area is 172 Å². The maximum Gasteiger partial charge on any atom is 0.287 e. The van der Waals surface area contributed by atoms with Gasteiger partial charge in [-0.05, 0) is 42.0 Å². The third-order valence-electron chi connectivity index (χ3n) is 4.09. The standard InChI is InChI=1S/C20H19Cl2N3O3/c1-25(7-8-26)18-12-15(23-24-20(18)27)9-13-5-6-17(22)19(10-13)28-16-4-2-3-14(21)11-16/h2-6,10-12,26H,7-9H2,1H3,(H,24,27). The van der Waals surface area contributed by atoms with Gasteiger partial charge in [-0.15, -0.1) is 0 Å². The van der Waals surface area contributed by atoms with Crippen molar-refractivity contribution in [2.24, 2.45) is 0 Å². The van der Waals surface area contributed by atoms with Crippen LogP contribution in [0.25, 0.3) is 0 Å².